The van der Waals surface area contributed by atoms with Gasteiger partial charge in [-0.1, -0.05) is 23.7 Å². The van der Waals surface area contributed by atoms with Crippen molar-refractivity contribution in [2.75, 3.05) is 23.0 Å². The summed E-state index contributed by atoms with van der Waals surface area (Å²) in [5.41, 5.74) is 1.49. The predicted octanol–water partition coefficient (Wildman–Crippen LogP) is 3.23. The largest absolute Gasteiger partial charge is 0.465 e. The first-order valence-corrected chi connectivity index (χ1v) is 10.5. The number of rotatable bonds is 6. The van der Waals surface area contributed by atoms with Gasteiger partial charge < -0.3 is 10.1 Å². The van der Waals surface area contributed by atoms with Crippen LogP contribution in [-0.4, -0.2) is 39.7 Å². The Morgan fingerprint density at radius 3 is 2.39 bits per heavy atom. The molecular weight excluding hydrogens is 404 g/mol. The second kappa shape index (κ2) is 8.62. The number of nitrogens with zero attached hydrogens (tertiary/aromatic N) is 1. The topological polar surface area (TPSA) is 92.8 Å². The summed E-state index contributed by atoms with van der Waals surface area (Å²) in [5, 5.41) is 3.03. The van der Waals surface area contributed by atoms with Gasteiger partial charge in [-0.25, -0.2) is 13.2 Å². The van der Waals surface area contributed by atoms with Crippen molar-refractivity contribution in [3.05, 3.63) is 58.6 Å². The van der Waals surface area contributed by atoms with Crippen LogP contribution in [0.2, 0.25) is 5.02 Å². The Bertz CT molecular complexity index is 1010. The number of esters is 1. The van der Waals surface area contributed by atoms with Crippen molar-refractivity contribution < 1.29 is 22.7 Å². The van der Waals surface area contributed by atoms with Gasteiger partial charge in [0.2, 0.25) is 15.9 Å². The molecule has 0 unspecified atom stereocenters. The van der Waals surface area contributed by atoms with Crippen LogP contribution in [0.25, 0.3) is 0 Å². The average molecular weight is 425 g/mol. The molecule has 0 aliphatic heterocycles. The summed E-state index contributed by atoms with van der Waals surface area (Å²) in [4.78, 5) is 24.6. The monoisotopic (exact) mass is 424 g/mol. The SMILES string of the molecule is COC(=O)c1cccc(NC(=O)[C@@H](C)N(c2cccc(Cl)c2)S(C)(=O)=O)c1C. The van der Waals surface area contributed by atoms with Crippen molar-refractivity contribution in [3.8, 4) is 0 Å². The molecule has 0 bridgehead atoms. The standard InChI is InChI=1S/C19H21ClN2O5S/c1-12-16(19(24)27-3)9-6-10-17(12)21-18(23)13(2)22(28(4,25)26)15-8-5-7-14(20)11-15/h5-11,13H,1-4H3,(H,21,23)/t13-/m1/s1. The van der Waals surface area contributed by atoms with Crippen LogP contribution in [0.1, 0.15) is 22.8 Å². The number of ether oxygens (including phenoxy) is 1. The minimum absolute atomic E-state index is 0.276. The zero-order valence-electron chi connectivity index (χ0n) is 15.9. The van der Waals surface area contributed by atoms with Gasteiger partial charge in [0.15, 0.2) is 0 Å². The highest BCUT2D eigenvalue weighted by molar-refractivity contribution is 7.92. The fourth-order valence-electron chi connectivity index (χ4n) is 2.76. The molecule has 0 aromatic heterocycles. The zero-order chi connectivity index (χ0) is 21.1. The number of amides is 1. The molecule has 28 heavy (non-hydrogen) atoms. The van der Waals surface area contributed by atoms with Gasteiger partial charge in [-0.15, -0.1) is 0 Å². The maximum Gasteiger partial charge on any atom is 0.338 e. The number of benzene rings is 2. The highest BCUT2D eigenvalue weighted by Crippen LogP contribution is 2.25. The number of halogens is 1. The Morgan fingerprint density at radius 1 is 1.18 bits per heavy atom. The van der Waals surface area contributed by atoms with Gasteiger partial charge >= 0.3 is 5.97 Å². The predicted molar refractivity (Wildman–Crippen MR) is 109 cm³/mol. The first kappa shape index (κ1) is 21.7. The summed E-state index contributed by atoms with van der Waals surface area (Å²) in [5.74, 6) is -1.09. The van der Waals surface area contributed by atoms with E-state index in [4.69, 9.17) is 16.3 Å². The Balaban J connectivity index is 2.36. The maximum atomic E-state index is 12.8. The molecule has 0 heterocycles. The van der Waals surface area contributed by atoms with Gasteiger partial charge in [0.05, 0.1) is 24.6 Å². The van der Waals surface area contributed by atoms with E-state index in [1.165, 1.54) is 20.1 Å². The Morgan fingerprint density at radius 2 is 1.82 bits per heavy atom. The summed E-state index contributed by atoms with van der Waals surface area (Å²) in [6.07, 6.45) is 1.01. The van der Waals surface area contributed by atoms with E-state index in [-0.39, 0.29) is 5.69 Å². The van der Waals surface area contributed by atoms with Gasteiger partial charge in [-0.05, 0) is 49.7 Å². The van der Waals surface area contributed by atoms with Crippen LogP contribution in [0.5, 0.6) is 0 Å². The molecule has 0 spiro atoms. The van der Waals surface area contributed by atoms with E-state index < -0.39 is 27.9 Å². The minimum atomic E-state index is -3.77. The Kier molecular flexibility index (Phi) is 6.69. The smallest absolute Gasteiger partial charge is 0.338 e. The van der Waals surface area contributed by atoms with Crippen LogP contribution in [0.3, 0.4) is 0 Å². The van der Waals surface area contributed by atoms with E-state index in [9.17, 15) is 18.0 Å². The van der Waals surface area contributed by atoms with Crippen molar-refractivity contribution in [1.82, 2.24) is 0 Å². The summed E-state index contributed by atoms with van der Waals surface area (Å²) in [6.45, 7) is 3.13. The highest BCUT2D eigenvalue weighted by atomic mass is 35.5. The summed E-state index contributed by atoms with van der Waals surface area (Å²) in [6, 6.07) is 9.98. The van der Waals surface area contributed by atoms with Gasteiger partial charge in [0, 0.05) is 10.7 Å². The number of carbonyl (C=O) groups excluding carboxylic acids is 2. The third-order valence-corrected chi connectivity index (χ3v) is 5.62. The van der Waals surface area contributed by atoms with Gasteiger partial charge in [0.1, 0.15) is 6.04 Å². The maximum absolute atomic E-state index is 12.8. The molecule has 0 aliphatic rings. The van der Waals surface area contributed by atoms with E-state index in [1.807, 2.05) is 0 Å². The number of nitrogens with one attached hydrogen (secondary N) is 1. The van der Waals surface area contributed by atoms with E-state index in [0.717, 1.165) is 10.6 Å². The van der Waals surface area contributed by atoms with Crippen molar-refractivity contribution in [3.63, 3.8) is 0 Å². The molecule has 0 fully saturated rings. The molecule has 7 nitrogen and oxygen atoms in total. The molecule has 1 amide bonds. The van der Waals surface area contributed by atoms with Crippen LogP contribution in [0.4, 0.5) is 11.4 Å². The zero-order valence-corrected chi connectivity index (χ0v) is 17.5. The van der Waals surface area contributed by atoms with Crippen molar-refractivity contribution >= 4 is 44.9 Å². The highest BCUT2D eigenvalue weighted by Gasteiger charge is 2.29. The average Bonchev–Trinajstić information content (AvgIpc) is 2.61. The Labute approximate surface area is 169 Å². The van der Waals surface area contributed by atoms with Crippen molar-refractivity contribution in [2.45, 2.75) is 19.9 Å². The van der Waals surface area contributed by atoms with Crippen LogP contribution in [0.15, 0.2) is 42.5 Å². The quantitative estimate of drug-likeness (QED) is 0.718. The van der Waals surface area contributed by atoms with Crippen LogP contribution in [0, 0.1) is 6.92 Å². The molecule has 2 aromatic carbocycles. The van der Waals surface area contributed by atoms with Crippen LogP contribution >= 0.6 is 11.6 Å². The van der Waals surface area contributed by atoms with E-state index in [2.05, 4.69) is 5.32 Å². The number of anilines is 2. The Hall–Kier alpha value is -2.58. The lowest BCUT2D eigenvalue weighted by Gasteiger charge is -2.28. The van der Waals surface area contributed by atoms with Gasteiger partial charge in [-0.3, -0.25) is 9.10 Å². The molecule has 0 saturated carbocycles. The molecular formula is C19H21ClN2O5S. The second-order valence-electron chi connectivity index (χ2n) is 6.17. The molecule has 0 saturated heterocycles. The molecule has 0 radical (unpaired) electrons. The first-order valence-electron chi connectivity index (χ1n) is 8.30. The number of carbonyl (C=O) groups is 2. The van der Waals surface area contributed by atoms with E-state index in [1.54, 1.807) is 43.3 Å². The first-order chi connectivity index (χ1) is 13.1. The lowest BCUT2D eigenvalue weighted by Crippen LogP contribution is -2.45. The fraction of sp³-hybridized carbons (Fsp3) is 0.263. The fourth-order valence-corrected chi connectivity index (χ4v) is 4.11. The number of hydrogen-bond acceptors (Lipinski definition) is 5. The van der Waals surface area contributed by atoms with Crippen LogP contribution < -0.4 is 9.62 Å². The third kappa shape index (κ3) is 4.82. The molecule has 2 rings (SSSR count). The van der Waals surface area contributed by atoms with Crippen molar-refractivity contribution in [1.29, 1.82) is 0 Å². The van der Waals surface area contributed by atoms with E-state index >= 15 is 0 Å². The lowest BCUT2D eigenvalue weighted by atomic mass is 10.1. The molecule has 0 aliphatic carbocycles. The second-order valence-corrected chi connectivity index (χ2v) is 8.47. The molecule has 150 valence electrons. The number of hydrogen-bond donors (Lipinski definition) is 1. The third-order valence-electron chi connectivity index (χ3n) is 4.15. The van der Waals surface area contributed by atoms with Crippen LogP contribution in [-0.2, 0) is 19.6 Å². The van der Waals surface area contributed by atoms with Crippen molar-refractivity contribution in [2.24, 2.45) is 0 Å². The summed E-state index contributed by atoms with van der Waals surface area (Å²) < 4.78 is 30.4. The van der Waals surface area contributed by atoms with E-state index in [0.29, 0.717) is 21.8 Å². The van der Waals surface area contributed by atoms with Gasteiger partial charge in [0.25, 0.3) is 0 Å². The number of methoxy groups -OCH3 is 1. The van der Waals surface area contributed by atoms with Gasteiger partial charge in [-0.2, -0.15) is 0 Å². The normalized spacial score (nSPS) is 12.2. The molecule has 1 N–H and O–H groups in total. The molecule has 2 aromatic rings. The lowest BCUT2D eigenvalue weighted by molar-refractivity contribution is -0.116. The molecule has 1 atom stereocenters. The molecule has 9 heteroatoms. The number of sulfonamides is 1. The summed E-state index contributed by atoms with van der Waals surface area (Å²) >= 11 is 5.97. The minimum Gasteiger partial charge on any atom is -0.465 e. The summed E-state index contributed by atoms with van der Waals surface area (Å²) in [7, 11) is -2.50.